The standard InChI is InChI=1S/C90H71BN4O2/c1-6-8-24-58-40-48-83-85(67-32-18-22-36-81(67)96-83)88(58)94-77-54-63(92-73-34-20-16-30-65(73)69-50-60(38-46-75(69)92)56-26-12-10-13-27-56)42-44-71(77)91-72-45-43-64(93-74-35-21-17-31-66(74)70-51-61(39-47-76(70)93)57-28-14-11-15-29-57)55-78(72)95(80-53-62(90(3,4)5)52-79(94)87(80)91)89-59(25-9-7-2)41-49-84-86(89)68-33-19-23-37-82(68)97-84/h10-23,26-55H,6-9,24-25H2,1-5H3. The zero-order valence-corrected chi connectivity index (χ0v) is 55.3. The summed E-state index contributed by atoms with van der Waals surface area (Å²) in [5.74, 6) is 0. The van der Waals surface area contributed by atoms with Crippen LogP contribution in [0.5, 0.6) is 0 Å². The molecule has 2 aliphatic rings. The van der Waals surface area contributed by atoms with Crippen LogP contribution in [0.2, 0.25) is 0 Å². The quantitative estimate of drug-likeness (QED) is 0.114. The monoisotopic (exact) mass is 1250 g/mol. The number of aromatic nitrogens is 2. The highest BCUT2D eigenvalue weighted by Crippen LogP contribution is 2.54. The number of nitrogens with zero attached hydrogens (tertiary/aromatic N) is 4. The molecule has 0 saturated heterocycles. The summed E-state index contributed by atoms with van der Waals surface area (Å²) in [6.07, 6.45) is 6.00. The first-order valence-corrected chi connectivity index (χ1v) is 34.8. The number of anilines is 6. The Labute approximate surface area is 564 Å². The predicted molar refractivity (Wildman–Crippen MR) is 410 cm³/mol. The molecule has 7 heteroatoms. The maximum Gasteiger partial charge on any atom is 0.252 e. The summed E-state index contributed by atoms with van der Waals surface area (Å²) in [7, 11) is 0. The van der Waals surface area contributed by atoms with Gasteiger partial charge in [-0.25, -0.2) is 0 Å². The molecule has 0 amide bonds. The lowest BCUT2D eigenvalue weighted by Crippen LogP contribution is -2.61. The van der Waals surface area contributed by atoms with Gasteiger partial charge >= 0.3 is 0 Å². The number of unbranched alkanes of at least 4 members (excludes halogenated alkanes) is 2. The smallest absolute Gasteiger partial charge is 0.252 e. The number of fused-ring (bicyclic) bond motifs is 16. The Morgan fingerprint density at radius 2 is 0.753 bits per heavy atom. The normalized spacial score (nSPS) is 13.0. The molecule has 0 N–H and O–H groups in total. The number of benzene rings is 13. The molecule has 13 aromatic carbocycles. The van der Waals surface area contributed by atoms with Gasteiger partial charge in [0.15, 0.2) is 0 Å². The van der Waals surface area contributed by atoms with E-state index in [2.05, 4.69) is 320 Å². The molecule has 0 fully saturated rings. The van der Waals surface area contributed by atoms with Crippen LogP contribution in [0.25, 0.3) is 121 Å². The second kappa shape index (κ2) is 22.2. The van der Waals surface area contributed by atoms with Gasteiger partial charge in [-0.2, -0.15) is 0 Å². The largest absolute Gasteiger partial charge is 0.456 e. The molecule has 6 nitrogen and oxygen atoms in total. The lowest BCUT2D eigenvalue weighted by molar-refractivity contribution is 0.590. The first kappa shape index (κ1) is 57.2. The molecule has 466 valence electrons. The van der Waals surface area contributed by atoms with E-state index in [0.29, 0.717) is 0 Å². The Morgan fingerprint density at radius 1 is 0.340 bits per heavy atom. The summed E-state index contributed by atoms with van der Waals surface area (Å²) in [6, 6.07) is 100. The minimum absolute atomic E-state index is 0.198. The van der Waals surface area contributed by atoms with E-state index in [-0.39, 0.29) is 12.1 Å². The number of rotatable bonds is 12. The Bertz CT molecular complexity index is 5700. The molecule has 0 aliphatic carbocycles. The van der Waals surface area contributed by atoms with Gasteiger partial charge in [-0.15, -0.1) is 0 Å². The molecule has 97 heavy (non-hydrogen) atoms. The van der Waals surface area contributed by atoms with Gasteiger partial charge in [0.25, 0.3) is 6.71 Å². The molecule has 0 spiro atoms. The summed E-state index contributed by atoms with van der Waals surface area (Å²) in [5, 5.41) is 9.40. The minimum Gasteiger partial charge on any atom is -0.456 e. The average Bonchev–Trinajstić information content (AvgIpc) is 1.12. The van der Waals surface area contributed by atoms with E-state index < -0.39 is 0 Å². The zero-order chi connectivity index (χ0) is 64.8. The van der Waals surface area contributed by atoms with Crippen molar-refractivity contribution >= 4 is 145 Å². The third kappa shape index (κ3) is 8.80. The van der Waals surface area contributed by atoms with Crippen LogP contribution < -0.4 is 26.2 Å². The van der Waals surface area contributed by atoms with E-state index in [4.69, 9.17) is 8.83 Å². The highest BCUT2D eigenvalue weighted by Gasteiger charge is 2.46. The summed E-state index contributed by atoms with van der Waals surface area (Å²) in [6.45, 7) is 11.6. The second-order valence-corrected chi connectivity index (χ2v) is 28.0. The molecular weight excluding hydrogens is 1180 g/mol. The molecule has 2 aliphatic heterocycles. The van der Waals surface area contributed by atoms with Crippen molar-refractivity contribution in [2.45, 2.75) is 78.6 Å². The van der Waals surface area contributed by atoms with Crippen LogP contribution in [-0.4, -0.2) is 15.8 Å². The van der Waals surface area contributed by atoms with Crippen LogP contribution >= 0.6 is 0 Å². The van der Waals surface area contributed by atoms with E-state index in [0.717, 1.165) is 105 Å². The van der Waals surface area contributed by atoms with Crippen molar-refractivity contribution in [1.82, 2.24) is 9.13 Å². The summed E-state index contributed by atoms with van der Waals surface area (Å²) < 4.78 is 19.0. The molecule has 0 atom stereocenters. The Balaban J connectivity index is 0.951. The first-order chi connectivity index (χ1) is 47.7. The van der Waals surface area contributed by atoms with Crippen molar-refractivity contribution < 1.29 is 8.83 Å². The lowest BCUT2D eigenvalue weighted by atomic mass is 9.33. The molecule has 0 unspecified atom stereocenters. The topological polar surface area (TPSA) is 42.6 Å². The Hall–Kier alpha value is -11.3. The van der Waals surface area contributed by atoms with Gasteiger partial charge in [0.05, 0.1) is 44.2 Å². The van der Waals surface area contributed by atoms with Crippen LogP contribution in [0, 0.1) is 0 Å². The third-order valence-corrected chi connectivity index (χ3v) is 21.2. The minimum atomic E-state index is -0.287. The SMILES string of the molecule is CCCCc1ccc2oc3ccccc3c2c1N1c2cc(-n3c4ccccc4c4cc(-c5ccccc5)ccc43)ccc2B2c3ccc(-n4c5ccccc5c5cc(-c6ccccc6)ccc54)cc3N(c3c(CCCC)ccc4oc5ccccc5c34)c3cc(C(C)(C)C)cc1c32. The summed E-state index contributed by atoms with van der Waals surface area (Å²) in [5.41, 5.74) is 29.6. The lowest BCUT2D eigenvalue weighted by Gasteiger charge is -2.46. The molecule has 4 aromatic heterocycles. The van der Waals surface area contributed by atoms with Crippen molar-refractivity contribution in [1.29, 1.82) is 0 Å². The van der Waals surface area contributed by atoms with Gasteiger partial charge < -0.3 is 27.8 Å². The number of aryl methyl sites for hydroxylation is 2. The molecule has 17 aromatic rings. The Kier molecular flexibility index (Phi) is 13.1. The van der Waals surface area contributed by atoms with Gasteiger partial charge in [-0.05, 0) is 183 Å². The van der Waals surface area contributed by atoms with Crippen molar-refractivity contribution in [3.8, 4) is 33.6 Å². The molecule has 0 saturated carbocycles. The number of hydrogen-bond acceptors (Lipinski definition) is 4. The second-order valence-electron chi connectivity index (χ2n) is 28.0. The highest BCUT2D eigenvalue weighted by atomic mass is 16.3. The van der Waals surface area contributed by atoms with Crippen LogP contribution in [-0.2, 0) is 18.3 Å². The molecular formula is C90H71BN4O2. The van der Waals surface area contributed by atoms with Crippen molar-refractivity contribution in [2.24, 2.45) is 0 Å². The van der Waals surface area contributed by atoms with E-state index >= 15 is 0 Å². The van der Waals surface area contributed by atoms with Gasteiger partial charge in [0, 0.05) is 66.4 Å². The first-order valence-electron chi connectivity index (χ1n) is 34.8. The maximum absolute atomic E-state index is 7.00. The Morgan fingerprint density at radius 3 is 1.20 bits per heavy atom. The number of furan rings is 2. The molecule has 0 bridgehead atoms. The van der Waals surface area contributed by atoms with Crippen molar-refractivity contribution in [3.63, 3.8) is 0 Å². The average molecular weight is 1250 g/mol. The fourth-order valence-corrected chi connectivity index (χ4v) is 16.6. The fourth-order valence-electron chi connectivity index (χ4n) is 16.6. The zero-order valence-electron chi connectivity index (χ0n) is 55.3. The molecule has 0 radical (unpaired) electrons. The fraction of sp³-hybridized carbons (Fsp3) is 0.133. The van der Waals surface area contributed by atoms with Crippen LogP contribution in [0.15, 0.2) is 276 Å². The number of hydrogen-bond donors (Lipinski definition) is 0. The van der Waals surface area contributed by atoms with Crippen LogP contribution in [0.1, 0.15) is 77.0 Å². The predicted octanol–water partition coefficient (Wildman–Crippen LogP) is 23.1. The van der Waals surface area contributed by atoms with E-state index in [9.17, 15) is 0 Å². The van der Waals surface area contributed by atoms with Gasteiger partial charge in [-0.1, -0.05) is 217 Å². The summed E-state index contributed by atoms with van der Waals surface area (Å²) in [4.78, 5) is 5.43. The third-order valence-electron chi connectivity index (χ3n) is 21.2. The summed E-state index contributed by atoms with van der Waals surface area (Å²) >= 11 is 0. The van der Waals surface area contributed by atoms with Crippen LogP contribution in [0.3, 0.4) is 0 Å². The van der Waals surface area contributed by atoms with E-state index in [1.807, 2.05) is 0 Å². The van der Waals surface area contributed by atoms with E-state index in [1.165, 1.54) is 122 Å². The maximum atomic E-state index is 7.00. The molecule has 6 heterocycles. The van der Waals surface area contributed by atoms with Gasteiger partial charge in [0.2, 0.25) is 0 Å². The van der Waals surface area contributed by atoms with Crippen molar-refractivity contribution in [2.75, 3.05) is 9.80 Å². The number of para-hydroxylation sites is 4. The van der Waals surface area contributed by atoms with Crippen molar-refractivity contribution in [3.05, 3.63) is 284 Å². The van der Waals surface area contributed by atoms with E-state index in [1.54, 1.807) is 0 Å². The van der Waals surface area contributed by atoms with Gasteiger partial charge in [-0.3, -0.25) is 0 Å². The molecule has 19 rings (SSSR count). The van der Waals surface area contributed by atoms with Crippen LogP contribution in [0.4, 0.5) is 34.1 Å². The highest BCUT2D eigenvalue weighted by molar-refractivity contribution is 7.00. The van der Waals surface area contributed by atoms with Gasteiger partial charge in [0.1, 0.15) is 22.3 Å².